The van der Waals surface area contributed by atoms with Gasteiger partial charge in [0.2, 0.25) is 0 Å². The van der Waals surface area contributed by atoms with Crippen LogP contribution in [0, 0.1) is 0 Å². The molecule has 3 aromatic carbocycles. The Bertz CT molecular complexity index is 1290. The molecule has 5 heteroatoms. The van der Waals surface area contributed by atoms with Crippen LogP contribution in [0.3, 0.4) is 0 Å². The van der Waals surface area contributed by atoms with E-state index in [4.69, 9.17) is 4.84 Å². The van der Waals surface area contributed by atoms with E-state index in [1.807, 2.05) is 6.07 Å². The fraction of sp³-hybridized carbons (Fsp3) is 0.222. The van der Waals surface area contributed by atoms with Crippen LogP contribution in [0.15, 0.2) is 78.0 Å². The van der Waals surface area contributed by atoms with Crippen LogP contribution < -0.4 is 0 Å². The molecule has 0 saturated carbocycles. The van der Waals surface area contributed by atoms with Crippen molar-refractivity contribution in [2.45, 2.75) is 38.5 Å². The number of carbonyl (C=O) groups is 1. The zero-order valence-corrected chi connectivity index (χ0v) is 18.0. The van der Waals surface area contributed by atoms with Gasteiger partial charge in [0.15, 0.2) is 0 Å². The molecular weight excluding hydrogens is 398 g/mol. The molecule has 0 amide bonds. The van der Waals surface area contributed by atoms with Crippen molar-refractivity contribution in [1.29, 1.82) is 0 Å². The van der Waals surface area contributed by atoms with Crippen LogP contribution in [0.25, 0.3) is 10.8 Å². The number of nitrogens with one attached hydrogen (secondary N) is 1. The lowest BCUT2D eigenvalue weighted by atomic mass is 9.80. The molecule has 1 aliphatic rings. The van der Waals surface area contributed by atoms with Gasteiger partial charge in [-0.3, -0.25) is 5.10 Å². The summed E-state index contributed by atoms with van der Waals surface area (Å²) in [6, 6.07) is 25.1. The molecule has 5 rings (SSSR count). The number of nitrogens with zero attached hydrogens (tertiary/aromatic N) is 2. The van der Waals surface area contributed by atoms with E-state index in [2.05, 4.69) is 82.1 Å². The van der Waals surface area contributed by atoms with Gasteiger partial charge in [0.25, 0.3) is 0 Å². The topological polar surface area (TPSA) is 67.3 Å². The van der Waals surface area contributed by atoms with Gasteiger partial charge in [-0.2, -0.15) is 5.10 Å². The Labute approximate surface area is 187 Å². The molecule has 32 heavy (non-hydrogen) atoms. The summed E-state index contributed by atoms with van der Waals surface area (Å²) in [4.78, 5) is 17.0. The summed E-state index contributed by atoms with van der Waals surface area (Å²) < 4.78 is 0. The van der Waals surface area contributed by atoms with Crippen molar-refractivity contribution in [3.8, 4) is 0 Å². The van der Waals surface area contributed by atoms with Gasteiger partial charge in [0.05, 0.1) is 11.4 Å². The van der Waals surface area contributed by atoms with Gasteiger partial charge >= 0.3 is 5.97 Å². The zero-order valence-electron chi connectivity index (χ0n) is 18.0. The fourth-order valence-corrected chi connectivity index (χ4v) is 4.53. The van der Waals surface area contributed by atoms with Gasteiger partial charge in [-0.05, 0) is 34.2 Å². The Morgan fingerprint density at radius 1 is 1.03 bits per heavy atom. The van der Waals surface area contributed by atoms with Crippen molar-refractivity contribution in [2.24, 2.45) is 5.16 Å². The maximum absolute atomic E-state index is 11.8. The van der Waals surface area contributed by atoms with Gasteiger partial charge in [-0.25, -0.2) is 4.79 Å². The van der Waals surface area contributed by atoms with E-state index in [1.165, 1.54) is 21.9 Å². The average molecular weight is 424 g/mol. The van der Waals surface area contributed by atoms with E-state index in [1.54, 1.807) is 6.92 Å². The third-order valence-electron chi connectivity index (χ3n) is 6.15. The molecule has 1 aliphatic carbocycles. The SMILES string of the molecule is CCC(=O)O/N=C1\CC(c2ccccc2)Cc2[nH]nc(Cc3cccc4ccccc34)c21. The second-order valence-corrected chi connectivity index (χ2v) is 8.21. The van der Waals surface area contributed by atoms with Crippen LogP contribution in [-0.4, -0.2) is 21.9 Å². The number of carbonyl (C=O) groups excluding carboxylic acids is 1. The highest BCUT2D eigenvalue weighted by molar-refractivity contribution is 6.04. The number of hydrogen-bond acceptors (Lipinski definition) is 4. The quantitative estimate of drug-likeness (QED) is 0.338. The molecule has 0 aliphatic heterocycles. The largest absolute Gasteiger partial charge is 0.334 e. The summed E-state index contributed by atoms with van der Waals surface area (Å²) in [5.74, 6) is -0.0754. The van der Waals surface area contributed by atoms with E-state index in [0.717, 1.165) is 29.1 Å². The second kappa shape index (κ2) is 8.79. The second-order valence-electron chi connectivity index (χ2n) is 8.21. The maximum atomic E-state index is 11.8. The average Bonchev–Trinajstić information content (AvgIpc) is 3.26. The predicted octanol–water partition coefficient (Wildman–Crippen LogP) is 5.54. The Morgan fingerprint density at radius 2 is 1.81 bits per heavy atom. The number of hydrogen-bond donors (Lipinski definition) is 1. The lowest BCUT2D eigenvalue weighted by molar-refractivity contribution is -0.143. The van der Waals surface area contributed by atoms with Crippen LogP contribution >= 0.6 is 0 Å². The van der Waals surface area contributed by atoms with Crippen molar-refractivity contribution in [2.75, 3.05) is 0 Å². The van der Waals surface area contributed by atoms with Crippen LogP contribution in [-0.2, 0) is 22.5 Å². The number of fused-ring (bicyclic) bond motifs is 2. The van der Waals surface area contributed by atoms with E-state index in [-0.39, 0.29) is 11.9 Å². The monoisotopic (exact) mass is 423 g/mol. The molecule has 0 bridgehead atoms. The molecule has 5 nitrogen and oxygen atoms in total. The minimum atomic E-state index is -0.333. The summed E-state index contributed by atoms with van der Waals surface area (Å²) in [7, 11) is 0. The first kappa shape index (κ1) is 20.2. The van der Waals surface area contributed by atoms with Crippen molar-refractivity contribution >= 4 is 22.5 Å². The third-order valence-corrected chi connectivity index (χ3v) is 6.15. The molecule has 1 N–H and O–H groups in total. The minimum Gasteiger partial charge on any atom is -0.318 e. The van der Waals surface area contributed by atoms with Crippen LogP contribution in [0.5, 0.6) is 0 Å². The fourth-order valence-electron chi connectivity index (χ4n) is 4.53. The first-order valence-corrected chi connectivity index (χ1v) is 11.1. The molecule has 1 atom stereocenters. The Hall–Kier alpha value is -3.73. The van der Waals surface area contributed by atoms with Crippen molar-refractivity contribution in [3.63, 3.8) is 0 Å². The molecule has 0 fully saturated rings. The lowest BCUT2D eigenvalue weighted by Gasteiger charge is -2.24. The van der Waals surface area contributed by atoms with Gasteiger partial charge < -0.3 is 4.84 Å². The van der Waals surface area contributed by atoms with Crippen molar-refractivity contribution < 1.29 is 9.63 Å². The van der Waals surface area contributed by atoms with E-state index in [9.17, 15) is 4.79 Å². The molecule has 1 aromatic heterocycles. The van der Waals surface area contributed by atoms with Gasteiger partial charge in [0, 0.05) is 30.5 Å². The summed E-state index contributed by atoms with van der Waals surface area (Å²) >= 11 is 0. The lowest BCUT2D eigenvalue weighted by Crippen LogP contribution is -2.21. The zero-order chi connectivity index (χ0) is 21.9. The van der Waals surface area contributed by atoms with Gasteiger partial charge in [0.1, 0.15) is 0 Å². The number of aromatic amines is 1. The normalized spacial score (nSPS) is 16.8. The summed E-state index contributed by atoms with van der Waals surface area (Å²) in [5.41, 5.74) is 6.23. The number of benzene rings is 3. The van der Waals surface area contributed by atoms with Crippen molar-refractivity contribution in [3.05, 3.63) is 101 Å². The maximum Gasteiger partial charge on any atom is 0.334 e. The van der Waals surface area contributed by atoms with Crippen LogP contribution in [0.2, 0.25) is 0 Å². The smallest absolute Gasteiger partial charge is 0.318 e. The Morgan fingerprint density at radius 3 is 2.66 bits per heavy atom. The van der Waals surface area contributed by atoms with E-state index < -0.39 is 0 Å². The Balaban J connectivity index is 1.54. The molecule has 4 aromatic rings. The highest BCUT2D eigenvalue weighted by Gasteiger charge is 2.30. The first-order chi connectivity index (χ1) is 15.7. The molecule has 1 heterocycles. The van der Waals surface area contributed by atoms with E-state index in [0.29, 0.717) is 19.3 Å². The molecule has 0 radical (unpaired) electrons. The van der Waals surface area contributed by atoms with Crippen LogP contribution in [0.4, 0.5) is 0 Å². The van der Waals surface area contributed by atoms with Crippen molar-refractivity contribution in [1.82, 2.24) is 10.2 Å². The number of rotatable bonds is 5. The van der Waals surface area contributed by atoms with Gasteiger partial charge in [-0.1, -0.05) is 84.9 Å². The molecule has 160 valence electrons. The standard InChI is InChI=1S/C27H25N3O2/c1-2-26(31)32-30-25-17-21(18-9-4-3-5-10-18)16-24-27(25)23(28-29-24)15-20-13-8-12-19-11-6-7-14-22(19)20/h3-14,21H,2,15-17H2,1H3,(H,28,29)/b30-25+. The first-order valence-electron chi connectivity index (χ1n) is 11.1. The summed E-state index contributed by atoms with van der Waals surface area (Å²) in [6.45, 7) is 1.77. The minimum absolute atomic E-state index is 0.258. The van der Waals surface area contributed by atoms with E-state index >= 15 is 0 Å². The molecule has 1 unspecified atom stereocenters. The third kappa shape index (κ3) is 3.94. The molecular formula is C27H25N3O2. The highest BCUT2D eigenvalue weighted by Crippen LogP contribution is 2.35. The van der Waals surface area contributed by atoms with Crippen LogP contribution in [0.1, 0.15) is 53.8 Å². The Kier molecular flexibility index (Phi) is 5.55. The number of H-pyrrole nitrogens is 1. The molecule has 0 spiro atoms. The summed E-state index contributed by atoms with van der Waals surface area (Å²) in [6.07, 6.45) is 2.53. The number of aromatic nitrogens is 2. The van der Waals surface area contributed by atoms with Gasteiger partial charge in [-0.15, -0.1) is 0 Å². The number of oxime groups is 1. The predicted molar refractivity (Wildman–Crippen MR) is 126 cm³/mol. The molecule has 0 saturated heterocycles. The highest BCUT2D eigenvalue weighted by atomic mass is 16.7. The summed E-state index contributed by atoms with van der Waals surface area (Å²) in [5, 5.41) is 14.7.